The Morgan fingerprint density at radius 1 is 1.00 bits per heavy atom. The molecular weight excluding hydrogens is 849 g/mol. The molecule has 0 radical (unpaired) electrons. The number of imide groups is 1. The first kappa shape index (κ1) is 44.6. The molecule has 1 unspecified atom stereocenters. The summed E-state index contributed by atoms with van der Waals surface area (Å²) in [5, 5.41) is 15.5. The Balaban J connectivity index is 0.847. The lowest BCUT2D eigenvalue weighted by atomic mass is 9.77. The summed E-state index contributed by atoms with van der Waals surface area (Å²) in [5.41, 5.74) is 0.674. The average Bonchev–Trinajstić information content (AvgIpc) is 3.68. The number of nitrogens with zero attached hydrogens (tertiary/aromatic N) is 6. The molecule has 8 rings (SSSR count). The summed E-state index contributed by atoms with van der Waals surface area (Å²) in [6, 6.07) is 12.7. The van der Waals surface area contributed by atoms with Gasteiger partial charge >= 0.3 is 10.2 Å². The Labute approximate surface area is 369 Å². The van der Waals surface area contributed by atoms with Gasteiger partial charge in [0.2, 0.25) is 17.7 Å². The van der Waals surface area contributed by atoms with Crippen molar-refractivity contribution in [3.63, 3.8) is 0 Å². The molecule has 4 aromatic rings. The molecule has 0 bridgehead atoms. The second-order valence-corrected chi connectivity index (χ2v) is 19.2. The molecule has 3 aromatic carbocycles. The van der Waals surface area contributed by atoms with Gasteiger partial charge in [-0.1, -0.05) is 13.0 Å². The number of halogens is 2. The van der Waals surface area contributed by atoms with E-state index in [9.17, 15) is 32.9 Å². The van der Waals surface area contributed by atoms with E-state index in [0.29, 0.717) is 68.8 Å². The molecular formula is C45H51F2N9O7S. The Kier molecular flexibility index (Phi) is 12.7. The van der Waals surface area contributed by atoms with Crippen molar-refractivity contribution >= 4 is 50.2 Å². The summed E-state index contributed by atoms with van der Waals surface area (Å²) >= 11 is 0. The number of nitriles is 1. The highest BCUT2D eigenvalue weighted by atomic mass is 32.2. The average molecular weight is 900 g/mol. The standard InChI is InChI=1S/C45H51F2N9O7S/c1-3-53(2)64(61,62)52-38-9-7-35(46)42(34(38)25-48)63-31-5-8-37-33(23-31)44(60)56(27-49-37)30-12-15-45(24-30)16-20-55(21-17-45)41(58)26-54-18-13-28(14-19-54)32-6-4-29(22-36(32)47)50-39-10-11-40(57)51-43(39)59/h4-9,22-23,27-28,30,39,50,52H,3,10-21,24,26H2,1-2H3,(H,51,57,59)/t30-,39?/m1/s1. The molecule has 338 valence electrons. The number of nitrogens with one attached hydrogen (secondary N) is 3. The molecule has 3 N–H and O–H groups in total. The van der Waals surface area contributed by atoms with Crippen LogP contribution in [-0.4, -0.2) is 102 Å². The van der Waals surface area contributed by atoms with Crippen LogP contribution in [0.2, 0.25) is 0 Å². The van der Waals surface area contributed by atoms with Gasteiger partial charge in [-0.2, -0.15) is 18.0 Å². The summed E-state index contributed by atoms with van der Waals surface area (Å²) in [7, 11) is -2.66. The molecule has 3 amide bonds. The number of hydrogen-bond donors (Lipinski definition) is 3. The van der Waals surface area contributed by atoms with Crippen molar-refractivity contribution in [2.75, 3.05) is 56.4 Å². The van der Waals surface area contributed by atoms with Gasteiger partial charge in [0.25, 0.3) is 5.56 Å². The highest BCUT2D eigenvalue weighted by Gasteiger charge is 2.43. The monoisotopic (exact) mass is 899 g/mol. The maximum atomic E-state index is 15.3. The zero-order valence-electron chi connectivity index (χ0n) is 35.7. The number of hydrogen-bond acceptors (Lipinski definition) is 11. The van der Waals surface area contributed by atoms with Gasteiger partial charge < -0.3 is 15.0 Å². The lowest BCUT2D eigenvalue weighted by Crippen LogP contribution is -2.47. The fraction of sp³-hybridized carbons (Fsp3) is 0.467. The van der Waals surface area contributed by atoms with E-state index < -0.39 is 33.7 Å². The minimum atomic E-state index is -4.02. The first-order valence-corrected chi connectivity index (χ1v) is 23.1. The van der Waals surface area contributed by atoms with E-state index in [-0.39, 0.29) is 75.9 Å². The van der Waals surface area contributed by atoms with Crippen LogP contribution in [-0.2, 0) is 24.6 Å². The summed E-state index contributed by atoms with van der Waals surface area (Å²) < 4.78 is 66.6. The first-order chi connectivity index (χ1) is 30.7. The quantitative estimate of drug-likeness (QED) is 0.154. The molecule has 1 saturated carbocycles. The van der Waals surface area contributed by atoms with E-state index >= 15 is 8.78 Å². The smallest absolute Gasteiger partial charge is 0.301 e. The Bertz CT molecular complexity index is 2690. The number of piperidine rings is 3. The van der Waals surface area contributed by atoms with Crippen molar-refractivity contribution in [3.8, 4) is 17.6 Å². The zero-order valence-corrected chi connectivity index (χ0v) is 36.6. The number of amides is 3. The van der Waals surface area contributed by atoms with Gasteiger partial charge in [0.1, 0.15) is 29.2 Å². The molecule has 1 spiro atoms. The lowest BCUT2D eigenvalue weighted by Gasteiger charge is -2.40. The molecule has 1 aliphatic carbocycles. The van der Waals surface area contributed by atoms with Crippen LogP contribution in [0.1, 0.15) is 87.8 Å². The fourth-order valence-corrected chi connectivity index (χ4v) is 10.5. The number of rotatable bonds is 12. The van der Waals surface area contributed by atoms with Crippen LogP contribution in [0.5, 0.6) is 11.5 Å². The number of likely N-dealkylation sites (tertiary alicyclic amines) is 2. The molecule has 3 aliphatic heterocycles. The Morgan fingerprint density at radius 3 is 2.47 bits per heavy atom. The third kappa shape index (κ3) is 9.31. The molecule has 4 aliphatic rings. The summed E-state index contributed by atoms with van der Waals surface area (Å²) in [4.78, 5) is 59.7. The van der Waals surface area contributed by atoms with Crippen LogP contribution in [0.3, 0.4) is 0 Å². The number of carbonyl (C=O) groups excluding carboxylic acids is 3. The van der Waals surface area contributed by atoms with Crippen molar-refractivity contribution in [2.45, 2.75) is 82.7 Å². The van der Waals surface area contributed by atoms with E-state index in [2.05, 4.69) is 25.2 Å². The van der Waals surface area contributed by atoms with E-state index in [1.54, 1.807) is 36.0 Å². The second-order valence-electron chi connectivity index (χ2n) is 17.4. The van der Waals surface area contributed by atoms with E-state index in [4.69, 9.17) is 4.74 Å². The van der Waals surface area contributed by atoms with Crippen LogP contribution < -0.4 is 25.7 Å². The lowest BCUT2D eigenvalue weighted by molar-refractivity contribution is -0.135. The topological polar surface area (TPSA) is 199 Å². The second kappa shape index (κ2) is 18.3. The largest absolute Gasteiger partial charge is 0.453 e. The van der Waals surface area contributed by atoms with Crippen LogP contribution in [0, 0.1) is 28.4 Å². The maximum absolute atomic E-state index is 15.3. The fourth-order valence-electron chi connectivity index (χ4n) is 9.57. The number of aromatic nitrogens is 2. The van der Waals surface area contributed by atoms with Crippen LogP contribution in [0.4, 0.5) is 20.2 Å². The number of ether oxygens (including phenoxy) is 1. The zero-order chi connectivity index (χ0) is 45.3. The predicted molar refractivity (Wildman–Crippen MR) is 234 cm³/mol. The van der Waals surface area contributed by atoms with Gasteiger partial charge in [0, 0.05) is 44.8 Å². The van der Waals surface area contributed by atoms with Crippen molar-refractivity contribution in [3.05, 3.63) is 88.0 Å². The van der Waals surface area contributed by atoms with E-state index in [1.807, 2.05) is 11.0 Å². The van der Waals surface area contributed by atoms with Gasteiger partial charge in [-0.15, -0.1) is 0 Å². The molecule has 4 heterocycles. The van der Waals surface area contributed by atoms with Gasteiger partial charge in [-0.3, -0.25) is 38.7 Å². The van der Waals surface area contributed by atoms with Gasteiger partial charge in [0.15, 0.2) is 11.6 Å². The molecule has 2 atom stereocenters. The number of benzene rings is 3. The van der Waals surface area contributed by atoms with Gasteiger partial charge in [-0.05, 0) is 124 Å². The summed E-state index contributed by atoms with van der Waals surface area (Å²) in [6.07, 6.45) is 7.61. The maximum Gasteiger partial charge on any atom is 0.301 e. The van der Waals surface area contributed by atoms with Gasteiger partial charge in [-0.25, -0.2) is 13.8 Å². The third-order valence-corrected chi connectivity index (χ3v) is 15.1. The molecule has 64 heavy (non-hydrogen) atoms. The highest BCUT2D eigenvalue weighted by Crippen LogP contribution is 2.50. The first-order valence-electron chi connectivity index (χ1n) is 21.7. The predicted octanol–water partition coefficient (Wildman–Crippen LogP) is 5.38. The van der Waals surface area contributed by atoms with Crippen molar-refractivity contribution in [1.82, 2.24) is 29.0 Å². The van der Waals surface area contributed by atoms with Crippen molar-refractivity contribution in [1.29, 1.82) is 5.26 Å². The number of anilines is 2. The minimum absolute atomic E-state index is 0.0115. The molecule has 3 saturated heterocycles. The minimum Gasteiger partial charge on any atom is -0.453 e. The van der Waals surface area contributed by atoms with Crippen LogP contribution in [0.25, 0.3) is 10.9 Å². The Morgan fingerprint density at radius 2 is 1.77 bits per heavy atom. The van der Waals surface area contributed by atoms with Gasteiger partial charge in [0.05, 0.1) is 29.5 Å². The summed E-state index contributed by atoms with van der Waals surface area (Å²) in [6.45, 7) is 4.68. The molecule has 19 heteroatoms. The van der Waals surface area contributed by atoms with Crippen molar-refractivity contribution in [2.24, 2.45) is 5.41 Å². The highest BCUT2D eigenvalue weighted by molar-refractivity contribution is 7.90. The number of fused-ring (bicyclic) bond motifs is 1. The van der Waals surface area contributed by atoms with Crippen LogP contribution in [0.15, 0.2) is 59.7 Å². The van der Waals surface area contributed by atoms with Crippen LogP contribution >= 0.6 is 0 Å². The number of carbonyl (C=O) groups is 3. The van der Waals surface area contributed by atoms with E-state index in [0.717, 1.165) is 48.5 Å². The molecule has 1 aromatic heterocycles. The molecule has 16 nitrogen and oxygen atoms in total. The van der Waals surface area contributed by atoms with E-state index in [1.165, 1.54) is 25.2 Å². The normalized spacial score (nSPS) is 20.7. The third-order valence-electron chi connectivity index (χ3n) is 13.5. The summed E-state index contributed by atoms with van der Waals surface area (Å²) in [5.74, 6) is -2.29. The van der Waals surface area contributed by atoms with Crippen molar-refractivity contribution < 1.29 is 36.3 Å². The SMILES string of the molecule is CCN(C)S(=O)(=O)Nc1ccc(F)c(Oc2ccc3ncn([C@@H]4CCC5(CCN(C(=O)CN6CCC(c7ccc(NC8CCC(=O)NC8=O)cc7F)CC6)CC5)C4)c(=O)c3c2)c1C#N. The Hall–Kier alpha value is -5.97. The molecule has 4 fully saturated rings.